The van der Waals surface area contributed by atoms with Crippen molar-refractivity contribution in [1.82, 2.24) is 10.6 Å². The predicted octanol–water partition coefficient (Wildman–Crippen LogP) is 0.527. The number of piperidine rings is 1. The maximum atomic E-state index is 11.4. The third-order valence-electron chi connectivity index (χ3n) is 2.92. The van der Waals surface area contributed by atoms with Gasteiger partial charge in [-0.1, -0.05) is 0 Å². The van der Waals surface area contributed by atoms with Crippen molar-refractivity contribution in [2.45, 2.75) is 32.7 Å². The smallest absolute Gasteiger partial charge is 0.246 e. The summed E-state index contributed by atoms with van der Waals surface area (Å²) >= 11 is 0. The number of rotatable bonds is 5. The Hall–Kier alpha value is -0.610. The average Bonchev–Trinajstić information content (AvgIpc) is 2.27. The van der Waals surface area contributed by atoms with Crippen LogP contribution >= 0.6 is 0 Å². The van der Waals surface area contributed by atoms with Gasteiger partial charge in [0.2, 0.25) is 5.91 Å². The van der Waals surface area contributed by atoms with E-state index < -0.39 is 0 Å². The number of hydrogen-bond donors (Lipinski definition) is 2. The summed E-state index contributed by atoms with van der Waals surface area (Å²) in [4.78, 5) is 11.4. The Morgan fingerprint density at radius 3 is 2.80 bits per heavy atom. The van der Waals surface area contributed by atoms with E-state index in [-0.39, 0.29) is 18.6 Å². The van der Waals surface area contributed by atoms with Crippen molar-refractivity contribution >= 4 is 5.91 Å². The number of hydrogen-bond acceptors (Lipinski definition) is 3. The number of nitrogens with one attached hydrogen (secondary N) is 2. The molecule has 1 unspecified atom stereocenters. The fourth-order valence-corrected chi connectivity index (χ4v) is 1.95. The van der Waals surface area contributed by atoms with E-state index >= 15 is 0 Å². The molecular formula is C11H22N2O2. The second-order valence-corrected chi connectivity index (χ2v) is 4.08. The van der Waals surface area contributed by atoms with Crippen molar-refractivity contribution in [2.75, 3.05) is 26.3 Å². The van der Waals surface area contributed by atoms with Crippen LogP contribution in [0.3, 0.4) is 0 Å². The van der Waals surface area contributed by atoms with Crippen LogP contribution < -0.4 is 10.6 Å². The van der Waals surface area contributed by atoms with Crippen LogP contribution in [0.1, 0.15) is 26.7 Å². The zero-order valence-corrected chi connectivity index (χ0v) is 9.71. The van der Waals surface area contributed by atoms with Gasteiger partial charge in [0, 0.05) is 12.6 Å². The van der Waals surface area contributed by atoms with Crippen LogP contribution in [-0.2, 0) is 9.53 Å². The van der Waals surface area contributed by atoms with E-state index in [0.29, 0.717) is 12.5 Å². The lowest BCUT2D eigenvalue weighted by atomic mass is 9.91. The highest BCUT2D eigenvalue weighted by Crippen LogP contribution is 2.15. The normalized spacial score (nSPS) is 19.9. The van der Waals surface area contributed by atoms with Gasteiger partial charge in [-0.05, 0) is 45.7 Å². The molecule has 0 radical (unpaired) electrons. The van der Waals surface area contributed by atoms with Gasteiger partial charge in [0.1, 0.15) is 6.61 Å². The zero-order chi connectivity index (χ0) is 11.1. The van der Waals surface area contributed by atoms with Gasteiger partial charge in [-0.25, -0.2) is 0 Å². The lowest BCUT2D eigenvalue weighted by Crippen LogP contribution is -2.43. The molecule has 0 aromatic carbocycles. The Kier molecular flexibility index (Phi) is 5.65. The Labute approximate surface area is 91.8 Å². The first kappa shape index (κ1) is 12.5. The lowest BCUT2D eigenvalue weighted by Gasteiger charge is -2.28. The van der Waals surface area contributed by atoms with Crippen molar-refractivity contribution < 1.29 is 9.53 Å². The predicted molar refractivity (Wildman–Crippen MR) is 59.7 cm³/mol. The van der Waals surface area contributed by atoms with E-state index in [1.165, 1.54) is 0 Å². The third-order valence-corrected chi connectivity index (χ3v) is 2.92. The van der Waals surface area contributed by atoms with E-state index in [1.807, 2.05) is 6.92 Å². The Morgan fingerprint density at radius 1 is 1.53 bits per heavy atom. The molecule has 0 aliphatic carbocycles. The molecule has 1 saturated heterocycles. The largest absolute Gasteiger partial charge is 0.372 e. The van der Waals surface area contributed by atoms with Gasteiger partial charge in [-0.3, -0.25) is 4.79 Å². The molecule has 88 valence electrons. The highest BCUT2D eigenvalue weighted by Gasteiger charge is 2.20. The van der Waals surface area contributed by atoms with Gasteiger partial charge in [-0.15, -0.1) is 0 Å². The number of ether oxygens (including phenoxy) is 1. The molecule has 0 aromatic heterocycles. The standard InChI is InChI=1S/C11H22N2O2/c1-3-15-8-11(14)13-9(2)10-4-6-12-7-5-10/h9-10,12H,3-8H2,1-2H3,(H,13,14). The molecule has 1 rings (SSSR count). The fourth-order valence-electron chi connectivity index (χ4n) is 1.95. The number of carbonyl (C=O) groups is 1. The second kappa shape index (κ2) is 6.80. The van der Waals surface area contributed by atoms with Gasteiger partial charge in [0.25, 0.3) is 0 Å². The Bertz CT molecular complexity index is 191. The number of amides is 1. The monoisotopic (exact) mass is 214 g/mol. The third kappa shape index (κ3) is 4.62. The molecule has 1 aliphatic heterocycles. The number of carbonyl (C=O) groups excluding carboxylic acids is 1. The van der Waals surface area contributed by atoms with Crippen LogP contribution in [0.25, 0.3) is 0 Å². The maximum Gasteiger partial charge on any atom is 0.246 e. The summed E-state index contributed by atoms with van der Waals surface area (Å²) in [5, 5.41) is 6.31. The summed E-state index contributed by atoms with van der Waals surface area (Å²) in [5.74, 6) is 0.611. The van der Waals surface area contributed by atoms with Crippen molar-refractivity contribution in [1.29, 1.82) is 0 Å². The molecule has 2 N–H and O–H groups in total. The van der Waals surface area contributed by atoms with E-state index in [4.69, 9.17) is 4.74 Å². The summed E-state index contributed by atoms with van der Waals surface area (Å²) < 4.78 is 5.06. The first-order valence-electron chi connectivity index (χ1n) is 5.82. The minimum absolute atomic E-state index is 0.00267. The first-order chi connectivity index (χ1) is 7.24. The van der Waals surface area contributed by atoms with E-state index in [1.54, 1.807) is 0 Å². The molecule has 4 nitrogen and oxygen atoms in total. The molecular weight excluding hydrogens is 192 g/mol. The highest BCUT2D eigenvalue weighted by molar-refractivity contribution is 5.77. The molecule has 0 bridgehead atoms. The lowest BCUT2D eigenvalue weighted by molar-refractivity contribution is -0.126. The van der Waals surface area contributed by atoms with Gasteiger partial charge in [0.15, 0.2) is 0 Å². The van der Waals surface area contributed by atoms with Crippen LogP contribution in [0, 0.1) is 5.92 Å². The van der Waals surface area contributed by atoms with Crippen molar-refractivity contribution in [2.24, 2.45) is 5.92 Å². The van der Waals surface area contributed by atoms with Crippen LogP contribution in [0.2, 0.25) is 0 Å². The van der Waals surface area contributed by atoms with Crippen molar-refractivity contribution in [3.63, 3.8) is 0 Å². The summed E-state index contributed by atoms with van der Waals surface area (Å²) in [6.07, 6.45) is 2.30. The minimum Gasteiger partial charge on any atom is -0.372 e. The van der Waals surface area contributed by atoms with E-state index in [0.717, 1.165) is 25.9 Å². The van der Waals surface area contributed by atoms with Gasteiger partial charge in [0.05, 0.1) is 0 Å². The molecule has 4 heteroatoms. The molecule has 0 aromatic rings. The molecule has 1 aliphatic rings. The Morgan fingerprint density at radius 2 is 2.20 bits per heavy atom. The minimum atomic E-state index is 0.00267. The van der Waals surface area contributed by atoms with Crippen molar-refractivity contribution in [3.8, 4) is 0 Å². The molecule has 1 fully saturated rings. The molecule has 0 saturated carbocycles. The first-order valence-corrected chi connectivity index (χ1v) is 5.82. The SMILES string of the molecule is CCOCC(=O)NC(C)C1CCNCC1. The molecule has 1 heterocycles. The molecule has 1 atom stereocenters. The van der Waals surface area contributed by atoms with Crippen LogP contribution in [0.4, 0.5) is 0 Å². The average molecular weight is 214 g/mol. The van der Waals surface area contributed by atoms with Crippen molar-refractivity contribution in [3.05, 3.63) is 0 Å². The summed E-state index contributed by atoms with van der Waals surface area (Å²) in [5.41, 5.74) is 0. The van der Waals surface area contributed by atoms with E-state index in [9.17, 15) is 4.79 Å². The Balaban J connectivity index is 2.21. The summed E-state index contributed by atoms with van der Waals surface area (Å²) in [6, 6.07) is 0.264. The van der Waals surface area contributed by atoms with Gasteiger partial charge in [-0.2, -0.15) is 0 Å². The quantitative estimate of drug-likeness (QED) is 0.702. The second-order valence-electron chi connectivity index (χ2n) is 4.08. The molecule has 1 amide bonds. The van der Waals surface area contributed by atoms with Gasteiger partial charge < -0.3 is 15.4 Å². The van der Waals surface area contributed by atoms with Crippen LogP contribution in [-0.4, -0.2) is 38.3 Å². The van der Waals surface area contributed by atoms with Gasteiger partial charge >= 0.3 is 0 Å². The fraction of sp³-hybridized carbons (Fsp3) is 0.909. The highest BCUT2D eigenvalue weighted by atomic mass is 16.5. The van der Waals surface area contributed by atoms with E-state index in [2.05, 4.69) is 17.6 Å². The molecule has 0 spiro atoms. The van der Waals surface area contributed by atoms with Crippen LogP contribution in [0.15, 0.2) is 0 Å². The molecule has 15 heavy (non-hydrogen) atoms. The zero-order valence-electron chi connectivity index (χ0n) is 9.71. The summed E-state index contributed by atoms with van der Waals surface area (Å²) in [7, 11) is 0. The van der Waals surface area contributed by atoms with Crippen LogP contribution in [0.5, 0.6) is 0 Å². The topological polar surface area (TPSA) is 50.4 Å². The summed E-state index contributed by atoms with van der Waals surface area (Å²) in [6.45, 7) is 6.89. The maximum absolute atomic E-state index is 11.4.